The number of aryl methyl sites for hydroxylation is 3. The SMILES string of the molecule is CCc1nnc(-c2[nH]c(C)c(S(=O)(=O)Nc3ccc(C)cc3)c2C)o1. The second kappa shape index (κ2) is 6.36. The van der Waals surface area contributed by atoms with Crippen LogP contribution in [0.25, 0.3) is 11.6 Å². The fourth-order valence-electron chi connectivity index (χ4n) is 2.68. The van der Waals surface area contributed by atoms with Crippen LogP contribution in [0.2, 0.25) is 0 Å². The van der Waals surface area contributed by atoms with Gasteiger partial charge in [0, 0.05) is 23.4 Å². The summed E-state index contributed by atoms with van der Waals surface area (Å²) in [4.78, 5) is 3.25. The topological polar surface area (TPSA) is 101 Å². The van der Waals surface area contributed by atoms with Gasteiger partial charge < -0.3 is 9.40 Å². The minimum atomic E-state index is -3.74. The largest absolute Gasteiger partial charge is 0.419 e. The Kier molecular flexibility index (Phi) is 4.38. The van der Waals surface area contributed by atoms with Gasteiger partial charge in [0.25, 0.3) is 15.9 Å². The first-order chi connectivity index (χ1) is 11.8. The molecular weight excluding hydrogens is 340 g/mol. The average molecular weight is 360 g/mol. The molecule has 0 spiro atoms. The van der Waals surface area contributed by atoms with Gasteiger partial charge in [-0.1, -0.05) is 24.6 Å². The van der Waals surface area contributed by atoms with E-state index >= 15 is 0 Å². The second-order valence-electron chi connectivity index (χ2n) is 5.91. The zero-order valence-corrected chi connectivity index (χ0v) is 15.4. The van der Waals surface area contributed by atoms with E-state index in [-0.39, 0.29) is 10.8 Å². The molecule has 0 atom stereocenters. The van der Waals surface area contributed by atoms with E-state index in [9.17, 15) is 8.42 Å². The van der Waals surface area contributed by atoms with Crippen LogP contribution in [0.4, 0.5) is 5.69 Å². The van der Waals surface area contributed by atoms with Crippen LogP contribution in [0.5, 0.6) is 0 Å². The number of anilines is 1. The number of H-pyrrole nitrogens is 1. The summed E-state index contributed by atoms with van der Waals surface area (Å²) in [7, 11) is -3.74. The van der Waals surface area contributed by atoms with Crippen LogP contribution in [0.1, 0.15) is 29.6 Å². The van der Waals surface area contributed by atoms with Gasteiger partial charge in [0.2, 0.25) is 5.89 Å². The van der Waals surface area contributed by atoms with E-state index in [4.69, 9.17) is 4.42 Å². The molecule has 0 aliphatic heterocycles. The number of sulfonamides is 1. The fraction of sp³-hybridized carbons (Fsp3) is 0.294. The Morgan fingerprint density at radius 1 is 1.12 bits per heavy atom. The summed E-state index contributed by atoms with van der Waals surface area (Å²) >= 11 is 0. The molecule has 0 radical (unpaired) electrons. The summed E-state index contributed by atoms with van der Waals surface area (Å²) in [6.07, 6.45) is 0.617. The number of nitrogens with one attached hydrogen (secondary N) is 2. The Hall–Kier alpha value is -2.61. The molecule has 3 rings (SSSR count). The molecule has 0 unspecified atom stereocenters. The molecule has 0 bridgehead atoms. The van der Waals surface area contributed by atoms with E-state index in [0.29, 0.717) is 35.0 Å². The van der Waals surface area contributed by atoms with Gasteiger partial charge in [0.1, 0.15) is 10.6 Å². The summed E-state index contributed by atoms with van der Waals surface area (Å²) in [6.45, 7) is 7.28. The lowest BCUT2D eigenvalue weighted by molar-refractivity contribution is 0.511. The molecule has 8 heteroatoms. The standard InChI is InChI=1S/C17H20N4O3S/c1-5-14-19-20-17(24-14)15-11(3)16(12(4)18-15)25(22,23)21-13-8-6-10(2)7-9-13/h6-9,18,21H,5H2,1-4H3. The maximum absolute atomic E-state index is 12.8. The first kappa shape index (κ1) is 17.2. The monoisotopic (exact) mass is 360 g/mol. The summed E-state index contributed by atoms with van der Waals surface area (Å²) < 4.78 is 33.8. The number of aromatic amines is 1. The Morgan fingerprint density at radius 2 is 1.80 bits per heavy atom. The van der Waals surface area contributed by atoms with Crippen molar-refractivity contribution in [3.63, 3.8) is 0 Å². The average Bonchev–Trinajstić information content (AvgIpc) is 3.13. The van der Waals surface area contributed by atoms with Crippen molar-refractivity contribution < 1.29 is 12.8 Å². The molecule has 0 fully saturated rings. The van der Waals surface area contributed by atoms with E-state index in [2.05, 4.69) is 19.9 Å². The van der Waals surface area contributed by atoms with Crippen LogP contribution in [0.15, 0.2) is 33.6 Å². The van der Waals surface area contributed by atoms with E-state index < -0.39 is 10.0 Å². The number of nitrogens with zero attached hydrogens (tertiary/aromatic N) is 2. The molecule has 0 aliphatic rings. The van der Waals surface area contributed by atoms with Gasteiger partial charge in [-0.2, -0.15) is 0 Å². The molecule has 2 N–H and O–H groups in total. The molecule has 2 aromatic heterocycles. The number of aromatic nitrogens is 3. The Bertz CT molecular complexity index is 1000. The highest BCUT2D eigenvalue weighted by molar-refractivity contribution is 7.92. The number of hydrogen-bond acceptors (Lipinski definition) is 5. The Morgan fingerprint density at radius 3 is 2.40 bits per heavy atom. The third-order valence-corrected chi connectivity index (χ3v) is 5.58. The van der Waals surface area contributed by atoms with Gasteiger partial charge in [-0.3, -0.25) is 4.72 Å². The molecule has 0 saturated carbocycles. The van der Waals surface area contributed by atoms with E-state index in [1.807, 2.05) is 26.0 Å². The van der Waals surface area contributed by atoms with Crippen molar-refractivity contribution in [2.24, 2.45) is 0 Å². The van der Waals surface area contributed by atoms with Crippen LogP contribution < -0.4 is 4.72 Å². The van der Waals surface area contributed by atoms with Crippen molar-refractivity contribution in [1.29, 1.82) is 0 Å². The third-order valence-electron chi connectivity index (χ3n) is 3.92. The predicted molar refractivity (Wildman–Crippen MR) is 94.9 cm³/mol. The number of benzene rings is 1. The van der Waals surface area contributed by atoms with Crippen molar-refractivity contribution in [3.05, 3.63) is 47.0 Å². The molecule has 0 saturated heterocycles. The van der Waals surface area contributed by atoms with Gasteiger partial charge >= 0.3 is 0 Å². The van der Waals surface area contributed by atoms with Gasteiger partial charge in [-0.25, -0.2) is 8.42 Å². The third kappa shape index (κ3) is 3.30. The minimum Gasteiger partial charge on any atom is -0.419 e. The molecule has 0 amide bonds. The van der Waals surface area contributed by atoms with Crippen LogP contribution >= 0.6 is 0 Å². The maximum Gasteiger partial charge on any atom is 0.264 e. The lowest BCUT2D eigenvalue weighted by Gasteiger charge is -2.09. The predicted octanol–water partition coefficient (Wildman–Crippen LogP) is 3.35. The van der Waals surface area contributed by atoms with E-state index in [1.54, 1.807) is 26.0 Å². The first-order valence-electron chi connectivity index (χ1n) is 7.93. The summed E-state index contributed by atoms with van der Waals surface area (Å²) in [5, 5.41) is 7.91. The van der Waals surface area contributed by atoms with Crippen molar-refractivity contribution in [3.8, 4) is 11.6 Å². The zero-order valence-electron chi connectivity index (χ0n) is 14.5. The molecule has 132 valence electrons. The van der Waals surface area contributed by atoms with Crippen molar-refractivity contribution in [1.82, 2.24) is 15.2 Å². The van der Waals surface area contributed by atoms with Crippen LogP contribution in [0.3, 0.4) is 0 Å². The van der Waals surface area contributed by atoms with Gasteiger partial charge in [0.05, 0.1) is 0 Å². The van der Waals surface area contributed by atoms with E-state index in [0.717, 1.165) is 5.56 Å². The first-order valence-corrected chi connectivity index (χ1v) is 9.41. The highest BCUT2D eigenvalue weighted by atomic mass is 32.2. The van der Waals surface area contributed by atoms with Crippen LogP contribution in [-0.2, 0) is 16.4 Å². The molecule has 2 heterocycles. The molecular formula is C17H20N4O3S. The minimum absolute atomic E-state index is 0.194. The fourth-order valence-corrected chi connectivity index (χ4v) is 4.18. The summed E-state index contributed by atoms with van der Waals surface area (Å²) in [5.74, 6) is 0.790. The Labute approximate surface area is 146 Å². The van der Waals surface area contributed by atoms with Crippen LogP contribution in [0, 0.1) is 20.8 Å². The maximum atomic E-state index is 12.8. The highest BCUT2D eigenvalue weighted by Crippen LogP contribution is 2.31. The summed E-state index contributed by atoms with van der Waals surface area (Å²) in [5.41, 5.74) is 3.15. The molecule has 25 heavy (non-hydrogen) atoms. The number of hydrogen-bond donors (Lipinski definition) is 2. The van der Waals surface area contributed by atoms with Gasteiger partial charge in [-0.05, 0) is 32.9 Å². The van der Waals surface area contributed by atoms with Crippen molar-refractivity contribution in [2.45, 2.75) is 39.0 Å². The van der Waals surface area contributed by atoms with Crippen molar-refractivity contribution in [2.75, 3.05) is 4.72 Å². The van der Waals surface area contributed by atoms with Gasteiger partial charge in [0.15, 0.2) is 0 Å². The highest BCUT2D eigenvalue weighted by Gasteiger charge is 2.26. The smallest absolute Gasteiger partial charge is 0.264 e. The van der Waals surface area contributed by atoms with Crippen molar-refractivity contribution >= 4 is 15.7 Å². The molecule has 7 nitrogen and oxygen atoms in total. The molecule has 3 aromatic rings. The Balaban J connectivity index is 2.00. The van der Waals surface area contributed by atoms with Crippen LogP contribution in [-0.4, -0.2) is 23.6 Å². The molecule has 1 aromatic carbocycles. The van der Waals surface area contributed by atoms with E-state index in [1.165, 1.54) is 0 Å². The van der Waals surface area contributed by atoms with Gasteiger partial charge in [-0.15, -0.1) is 10.2 Å². The zero-order chi connectivity index (χ0) is 18.2. The lowest BCUT2D eigenvalue weighted by atomic mass is 10.2. The quantitative estimate of drug-likeness (QED) is 0.726. The molecule has 0 aliphatic carbocycles. The second-order valence-corrected chi connectivity index (χ2v) is 7.52. The lowest BCUT2D eigenvalue weighted by Crippen LogP contribution is -2.14. The normalized spacial score (nSPS) is 11.7. The number of rotatable bonds is 5. The summed E-state index contributed by atoms with van der Waals surface area (Å²) in [6, 6.07) is 7.17.